The molecule has 12 heavy (non-hydrogen) atoms. The zero-order valence-electron chi connectivity index (χ0n) is 7.75. The standard InChI is InChI=1S/C9H19NO2/c1-8(11)6-10-7-9-2-4-12-5-3-9/h8-11H,2-7H2,1H3/t8-/m0/s1. The Morgan fingerprint density at radius 2 is 2.17 bits per heavy atom. The van der Waals surface area contributed by atoms with E-state index in [0.717, 1.165) is 38.5 Å². The van der Waals surface area contributed by atoms with Gasteiger partial charge in [-0.25, -0.2) is 0 Å². The summed E-state index contributed by atoms with van der Waals surface area (Å²) in [7, 11) is 0. The Kier molecular flexibility index (Phi) is 4.58. The number of nitrogens with one attached hydrogen (secondary N) is 1. The van der Waals surface area contributed by atoms with Gasteiger partial charge in [0.05, 0.1) is 6.10 Å². The monoisotopic (exact) mass is 173 g/mol. The van der Waals surface area contributed by atoms with E-state index in [0.29, 0.717) is 6.54 Å². The Morgan fingerprint density at radius 1 is 1.50 bits per heavy atom. The van der Waals surface area contributed by atoms with Gasteiger partial charge in [0.25, 0.3) is 0 Å². The van der Waals surface area contributed by atoms with E-state index >= 15 is 0 Å². The number of aliphatic hydroxyl groups is 1. The Labute approximate surface area is 74.1 Å². The van der Waals surface area contributed by atoms with Gasteiger partial charge in [0.15, 0.2) is 0 Å². The van der Waals surface area contributed by atoms with Crippen molar-refractivity contribution in [2.45, 2.75) is 25.9 Å². The lowest BCUT2D eigenvalue weighted by Crippen LogP contribution is -2.32. The van der Waals surface area contributed by atoms with Gasteiger partial charge in [-0.2, -0.15) is 0 Å². The second-order valence-corrected chi connectivity index (χ2v) is 3.56. The molecule has 1 rings (SSSR count). The lowest BCUT2D eigenvalue weighted by Gasteiger charge is -2.22. The lowest BCUT2D eigenvalue weighted by atomic mass is 10.0. The van der Waals surface area contributed by atoms with Crippen LogP contribution in [0.25, 0.3) is 0 Å². The zero-order valence-corrected chi connectivity index (χ0v) is 7.75. The summed E-state index contributed by atoms with van der Waals surface area (Å²) in [6, 6.07) is 0. The Balaban J connectivity index is 1.98. The molecular formula is C9H19NO2. The molecule has 1 aliphatic heterocycles. The maximum absolute atomic E-state index is 8.99. The van der Waals surface area contributed by atoms with Gasteiger partial charge in [0.1, 0.15) is 0 Å². The van der Waals surface area contributed by atoms with Gasteiger partial charge >= 0.3 is 0 Å². The van der Waals surface area contributed by atoms with Crippen LogP contribution in [0.5, 0.6) is 0 Å². The first-order valence-corrected chi connectivity index (χ1v) is 4.75. The van der Waals surface area contributed by atoms with Crippen LogP contribution in [0, 0.1) is 5.92 Å². The third-order valence-corrected chi connectivity index (χ3v) is 2.21. The normalized spacial score (nSPS) is 22.5. The Bertz CT molecular complexity index is 111. The molecule has 3 heteroatoms. The molecule has 0 radical (unpaired) electrons. The van der Waals surface area contributed by atoms with Gasteiger partial charge in [0.2, 0.25) is 0 Å². The second-order valence-electron chi connectivity index (χ2n) is 3.56. The predicted octanol–water partition coefficient (Wildman–Crippen LogP) is 0.383. The minimum atomic E-state index is -0.232. The average molecular weight is 173 g/mol. The first kappa shape index (κ1) is 9.96. The summed E-state index contributed by atoms with van der Waals surface area (Å²) in [6.07, 6.45) is 2.09. The van der Waals surface area contributed by atoms with Crippen LogP contribution in [0.2, 0.25) is 0 Å². The van der Waals surface area contributed by atoms with Crippen molar-refractivity contribution in [1.82, 2.24) is 5.32 Å². The van der Waals surface area contributed by atoms with Crippen molar-refractivity contribution in [2.75, 3.05) is 26.3 Å². The SMILES string of the molecule is C[C@H](O)CNCC1CCOCC1. The molecule has 1 aliphatic rings. The van der Waals surface area contributed by atoms with E-state index in [9.17, 15) is 0 Å². The van der Waals surface area contributed by atoms with Gasteiger partial charge in [-0.05, 0) is 32.2 Å². The molecule has 72 valence electrons. The molecule has 1 fully saturated rings. The topological polar surface area (TPSA) is 41.5 Å². The summed E-state index contributed by atoms with van der Waals surface area (Å²) in [5.41, 5.74) is 0. The number of ether oxygens (including phenoxy) is 1. The van der Waals surface area contributed by atoms with E-state index in [2.05, 4.69) is 5.32 Å². The molecule has 3 nitrogen and oxygen atoms in total. The minimum Gasteiger partial charge on any atom is -0.392 e. The highest BCUT2D eigenvalue weighted by atomic mass is 16.5. The van der Waals surface area contributed by atoms with Gasteiger partial charge in [-0.15, -0.1) is 0 Å². The highest BCUT2D eigenvalue weighted by Gasteiger charge is 2.12. The Hall–Kier alpha value is -0.120. The molecule has 2 N–H and O–H groups in total. The number of hydrogen-bond donors (Lipinski definition) is 2. The fraction of sp³-hybridized carbons (Fsp3) is 1.00. The van der Waals surface area contributed by atoms with Gasteiger partial charge in [-0.1, -0.05) is 0 Å². The number of rotatable bonds is 4. The van der Waals surface area contributed by atoms with E-state index in [1.807, 2.05) is 0 Å². The van der Waals surface area contributed by atoms with Crippen LogP contribution in [0.4, 0.5) is 0 Å². The molecule has 0 amide bonds. The molecule has 0 aromatic heterocycles. The molecule has 0 bridgehead atoms. The van der Waals surface area contributed by atoms with E-state index < -0.39 is 0 Å². The highest BCUT2D eigenvalue weighted by molar-refractivity contribution is 4.66. The van der Waals surface area contributed by atoms with Crippen LogP contribution in [-0.4, -0.2) is 37.5 Å². The largest absolute Gasteiger partial charge is 0.392 e. The van der Waals surface area contributed by atoms with E-state index in [1.165, 1.54) is 0 Å². The summed E-state index contributed by atoms with van der Waals surface area (Å²) in [4.78, 5) is 0. The minimum absolute atomic E-state index is 0.232. The highest BCUT2D eigenvalue weighted by Crippen LogP contribution is 2.12. The summed E-state index contributed by atoms with van der Waals surface area (Å²) >= 11 is 0. The smallest absolute Gasteiger partial charge is 0.0636 e. The van der Waals surface area contributed by atoms with Gasteiger partial charge in [0, 0.05) is 19.8 Å². The molecule has 1 saturated heterocycles. The van der Waals surface area contributed by atoms with Crippen LogP contribution in [0.3, 0.4) is 0 Å². The molecule has 1 atom stereocenters. The second kappa shape index (κ2) is 5.51. The molecular weight excluding hydrogens is 154 g/mol. The van der Waals surface area contributed by atoms with Crippen molar-refractivity contribution in [2.24, 2.45) is 5.92 Å². The summed E-state index contributed by atoms with van der Waals surface area (Å²) in [6.45, 7) is 5.34. The quantitative estimate of drug-likeness (QED) is 0.646. The first-order chi connectivity index (χ1) is 5.79. The van der Waals surface area contributed by atoms with Crippen LogP contribution in [-0.2, 0) is 4.74 Å². The van der Waals surface area contributed by atoms with Crippen molar-refractivity contribution in [3.8, 4) is 0 Å². The lowest BCUT2D eigenvalue weighted by molar-refractivity contribution is 0.0652. The maximum Gasteiger partial charge on any atom is 0.0636 e. The molecule has 0 aliphatic carbocycles. The third-order valence-electron chi connectivity index (χ3n) is 2.21. The van der Waals surface area contributed by atoms with Crippen molar-refractivity contribution < 1.29 is 9.84 Å². The average Bonchev–Trinajstić information content (AvgIpc) is 2.05. The first-order valence-electron chi connectivity index (χ1n) is 4.75. The zero-order chi connectivity index (χ0) is 8.81. The van der Waals surface area contributed by atoms with E-state index in [4.69, 9.17) is 9.84 Å². The van der Waals surface area contributed by atoms with Crippen LogP contribution in [0.1, 0.15) is 19.8 Å². The fourth-order valence-corrected chi connectivity index (χ4v) is 1.45. The van der Waals surface area contributed by atoms with Crippen molar-refractivity contribution >= 4 is 0 Å². The number of hydrogen-bond acceptors (Lipinski definition) is 3. The molecule has 0 saturated carbocycles. The van der Waals surface area contributed by atoms with Crippen molar-refractivity contribution in [1.29, 1.82) is 0 Å². The van der Waals surface area contributed by atoms with Crippen LogP contribution < -0.4 is 5.32 Å². The molecule has 0 unspecified atom stereocenters. The molecule has 0 aromatic rings. The van der Waals surface area contributed by atoms with Gasteiger partial charge in [-0.3, -0.25) is 0 Å². The molecule has 0 spiro atoms. The van der Waals surface area contributed by atoms with Gasteiger partial charge < -0.3 is 15.2 Å². The van der Waals surface area contributed by atoms with Crippen molar-refractivity contribution in [3.63, 3.8) is 0 Å². The number of aliphatic hydroxyl groups excluding tert-OH is 1. The van der Waals surface area contributed by atoms with Crippen molar-refractivity contribution in [3.05, 3.63) is 0 Å². The molecule has 1 heterocycles. The van der Waals surface area contributed by atoms with E-state index in [-0.39, 0.29) is 6.10 Å². The van der Waals surface area contributed by atoms with Crippen LogP contribution in [0.15, 0.2) is 0 Å². The maximum atomic E-state index is 8.99. The van der Waals surface area contributed by atoms with E-state index in [1.54, 1.807) is 6.92 Å². The Morgan fingerprint density at radius 3 is 2.75 bits per heavy atom. The third kappa shape index (κ3) is 4.04. The predicted molar refractivity (Wildman–Crippen MR) is 48.1 cm³/mol. The van der Waals surface area contributed by atoms with Crippen LogP contribution >= 0.6 is 0 Å². The summed E-state index contributed by atoms with van der Waals surface area (Å²) in [5, 5.41) is 12.2. The summed E-state index contributed by atoms with van der Waals surface area (Å²) < 4.78 is 5.25. The fourth-order valence-electron chi connectivity index (χ4n) is 1.45. The summed E-state index contributed by atoms with van der Waals surface area (Å²) in [5.74, 6) is 0.748. The molecule has 0 aromatic carbocycles.